The van der Waals surface area contributed by atoms with E-state index in [1.807, 2.05) is 25.9 Å². The summed E-state index contributed by atoms with van der Waals surface area (Å²) < 4.78 is 19.4. The maximum atomic E-state index is 13.4. The van der Waals surface area contributed by atoms with Crippen molar-refractivity contribution < 1.29 is 13.9 Å². The molecule has 3 aromatic rings. The number of morpholine rings is 1. The van der Waals surface area contributed by atoms with Gasteiger partial charge in [0.1, 0.15) is 16.8 Å². The first-order valence-electron chi connectivity index (χ1n) is 9.55. The summed E-state index contributed by atoms with van der Waals surface area (Å²) >= 11 is 1.35. The van der Waals surface area contributed by atoms with Gasteiger partial charge in [0.25, 0.3) is 5.91 Å². The van der Waals surface area contributed by atoms with E-state index in [0.717, 1.165) is 16.8 Å². The number of hydrogen-bond acceptors (Lipinski definition) is 7. The van der Waals surface area contributed by atoms with Gasteiger partial charge in [-0.25, -0.2) is 19.3 Å². The molecule has 7 nitrogen and oxygen atoms in total. The van der Waals surface area contributed by atoms with Crippen LogP contribution in [0.1, 0.15) is 27.2 Å². The van der Waals surface area contributed by atoms with Crippen molar-refractivity contribution in [3.05, 3.63) is 58.1 Å². The SMILES string of the molecule is Cc1ncsc1C(=O)N1CCOC(c2nc(N(C)C)ncc2-c2ccc(F)cc2)C1. The van der Waals surface area contributed by atoms with Crippen LogP contribution in [0, 0.1) is 12.7 Å². The van der Waals surface area contributed by atoms with Crippen molar-refractivity contribution in [3.8, 4) is 11.1 Å². The molecule has 0 radical (unpaired) electrons. The van der Waals surface area contributed by atoms with Crippen LogP contribution in [0.2, 0.25) is 0 Å². The van der Waals surface area contributed by atoms with E-state index in [1.54, 1.807) is 28.7 Å². The fraction of sp³-hybridized carbons (Fsp3) is 0.333. The van der Waals surface area contributed by atoms with Crippen LogP contribution in [-0.4, -0.2) is 59.6 Å². The second-order valence-corrected chi connectivity index (χ2v) is 8.10. The van der Waals surface area contributed by atoms with Gasteiger partial charge in [0, 0.05) is 32.4 Å². The fourth-order valence-corrected chi connectivity index (χ4v) is 4.12. The van der Waals surface area contributed by atoms with Crippen molar-refractivity contribution in [2.75, 3.05) is 38.7 Å². The van der Waals surface area contributed by atoms with E-state index in [2.05, 4.69) is 9.97 Å². The van der Waals surface area contributed by atoms with Crippen molar-refractivity contribution in [3.63, 3.8) is 0 Å². The molecule has 0 aliphatic carbocycles. The minimum Gasteiger partial charge on any atom is -0.368 e. The number of amides is 1. The zero-order chi connectivity index (χ0) is 21.3. The predicted octanol–water partition coefficient (Wildman–Crippen LogP) is 3.33. The number of ether oxygens (including phenoxy) is 1. The summed E-state index contributed by atoms with van der Waals surface area (Å²) in [5.74, 6) is 0.187. The van der Waals surface area contributed by atoms with Crippen LogP contribution in [0.5, 0.6) is 0 Å². The van der Waals surface area contributed by atoms with E-state index in [1.165, 1.54) is 23.5 Å². The number of benzene rings is 1. The standard InChI is InChI=1S/C21H22FN5O2S/c1-13-19(30-12-24-13)20(28)27-8-9-29-17(11-27)18-16(10-23-21(25-18)26(2)3)14-4-6-15(22)7-5-14/h4-7,10,12,17H,8-9,11H2,1-3H3. The Bertz CT molecular complexity index is 1050. The fourth-order valence-electron chi connectivity index (χ4n) is 3.35. The summed E-state index contributed by atoms with van der Waals surface area (Å²) in [7, 11) is 3.72. The first kappa shape index (κ1) is 20.4. The van der Waals surface area contributed by atoms with E-state index >= 15 is 0 Å². The molecule has 2 aromatic heterocycles. The molecule has 0 spiro atoms. The van der Waals surface area contributed by atoms with Crippen molar-refractivity contribution in [1.29, 1.82) is 0 Å². The van der Waals surface area contributed by atoms with E-state index < -0.39 is 6.10 Å². The molecule has 1 amide bonds. The van der Waals surface area contributed by atoms with E-state index in [4.69, 9.17) is 9.72 Å². The summed E-state index contributed by atoms with van der Waals surface area (Å²) in [6, 6.07) is 6.20. The number of halogens is 1. The van der Waals surface area contributed by atoms with Gasteiger partial charge in [-0.3, -0.25) is 4.79 Å². The van der Waals surface area contributed by atoms with Crippen LogP contribution in [0.3, 0.4) is 0 Å². The number of aromatic nitrogens is 3. The van der Waals surface area contributed by atoms with Crippen LogP contribution < -0.4 is 4.90 Å². The Morgan fingerprint density at radius 1 is 1.27 bits per heavy atom. The maximum absolute atomic E-state index is 13.4. The molecule has 30 heavy (non-hydrogen) atoms. The van der Waals surface area contributed by atoms with E-state index in [-0.39, 0.29) is 11.7 Å². The Kier molecular flexibility index (Phi) is 5.74. The monoisotopic (exact) mass is 427 g/mol. The van der Waals surface area contributed by atoms with Crippen LogP contribution >= 0.6 is 11.3 Å². The summed E-state index contributed by atoms with van der Waals surface area (Å²) in [5, 5.41) is 0. The number of aryl methyl sites for hydroxylation is 1. The van der Waals surface area contributed by atoms with Crippen molar-refractivity contribution in [2.45, 2.75) is 13.0 Å². The molecule has 1 aliphatic rings. The zero-order valence-corrected chi connectivity index (χ0v) is 17.8. The highest BCUT2D eigenvalue weighted by molar-refractivity contribution is 7.11. The third kappa shape index (κ3) is 4.03. The summed E-state index contributed by atoms with van der Waals surface area (Å²) in [4.78, 5) is 30.5. The Morgan fingerprint density at radius 3 is 2.70 bits per heavy atom. The number of carbonyl (C=O) groups excluding carboxylic acids is 1. The number of nitrogens with zero attached hydrogens (tertiary/aromatic N) is 5. The molecule has 9 heteroatoms. The molecular formula is C21H22FN5O2S. The molecule has 1 atom stereocenters. The zero-order valence-electron chi connectivity index (χ0n) is 17.0. The molecule has 3 heterocycles. The number of anilines is 1. The molecule has 0 bridgehead atoms. The van der Waals surface area contributed by atoms with Gasteiger partial charge in [0.15, 0.2) is 0 Å². The Morgan fingerprint density at radius 2 is 2.03 bits per heavy atom. The molecule has 1 fully saturated rings. The summed E-state index contributed by atoms with van der Waals surface area (Å²) in [6.07, 6.45) is 1.31. The van der Waals surface area contributed by atoms with Gasteiger partial charge in [0.05, 0.1) is 30.1 Å². The molecule has 0 saturated carbocycles. The second-order valence-electron chi connectivity index (χ2n) is 7.25. The lowest BCUT2D eigenvalue weighted by molar-refractivity contribution is -0.0243. The largest absolute Gasteiger partial charge is 0.368 e. The lowest BCUT2D eigenvalue weighted by atomic mass is 10.0. The van der Waals surface area contributed by atoms with Gasteiger partial charge < -0.3 is 14.5 Å². The van der Waals surface area contributed by atoms with Crippen LogP contribution in [0.15, 0.2) is 36.0 Å². The summed E-state index contributed by atoms with van der Waals surface area (Å²) in [5.41, 5.74) is 4.65. The molecule has 4 rings (SSSR count). The van der Waals surface area contributed by atoms with Crippen LogP contribution in [0.25, 0.3) is 11.1 Å². The number of rotatable bonds is 4. The van der Waals surface area contributed by atoms with Crippen molar-refractivity contribution >= 4 is 23.2 Å². The molecule has 156 valence electrons. The third-order valence-corrected chi connectivity index (χ3v) is 5.88. The molecule has 1 saturated heterocycles. The van der Waals surface area contributed by atoms with Gasteiger partial charge in [-0.05, 0) is 24.6 Å². The minimum atomic E-state index is -0.419. The first-order valence-corrected chi connectivity index (χ1v) is 10.4. The smallest absolute Gasteiger partial charge is 0.266 e. The van der Waals surface area contributed by atoms with Gasteiger partial charge in [-0.2, -0.15) is 0 Å². The second kappa shape index (κ2) is 8.45. The Labute approximate surface area is 178 Å². The highest BCUT2D eigenvalue weighted by atomic mass is 32.1. The predicted molar refractivity (Wildman–Crippen MR) is 113 cm³/mol. The normalized spacial score (nSPS) is 16.5. The van der Waals surface area contributed by atoms with Gasteiger partial charge >= 0.3 is 0 Å². The Hall–Kier alpha value is -2.91. The van der Waals surface area contributed by atoms with Gasteiger partial charge in [0.2, 0.25) is 5.95 Å². The van der Waals surface area contributed by atoms with Gasteiger partial charge in [-0.15, -0.1) is 11.3 Å². The van der Waals surface area contributed by atoms with Crippen LogP contribution in [-0.2, 0) is 4.74 Å². The average molecular weight is 428 g/mol. The van der Waals surface area contributed by atoms with Gasteiger partial charge in [-0.1, -0.05) is 12.1 Å². The molecule has 1 aliphatic heterocycles. The highest BCUT2D eigenvalue weighted by Gasteiger charge is 2.30. The highest BCUT2D eigenvalue weighted by Crippen LogP contribution is 2.32. The number of hydrogen-bond donors (Lipinski definition) is 0. The molecule has 1 unspecified atom stereocenters. The summed E-state index contributed by atoms with van der Waals surface area (Å²) in [6.45, 7) is 3.11. The number of carbonyl (C=O) groups is 1. The molecule has 1 aromatic carbocycles. The third-order valence-electron chi connectivity index (χ3n) is 4.96. The van der Waals surface area contributed by atoms with Crippen molar-refractivity contribution in [1.82, 2.24) is 19.9 Å². The van der Waals surface area contributed by atoms with E-state index in [0.29, 0.717) is 36.2 Å². The lowest BCUT2D eigenvalue weighted by Gasteiger charge is -2.33. The average Bonchev–Trinajstić information content (AvgIpc) is 3.19. The number of thiazole rings is 1. The minimum absolute atomic E-state index is 0.0477. The van der Waals surface area contributed by atoms with Crippen LogP contribution in [0.4, 0.5) is 10.3 Å². The van der Waals surface area contributed by atoms with Crippen molar-refractivity contribution in [2.24, 2.45) is 0 Å². The quantitative estimate of drug-likeness (QED) is 0.636. The van der Waals surface area contributed by atoms with E-state index in [9.17, 15) is 9.18 Å². The first-order chi connectivity index (χ1) is 14.4. The topological polar surface area (TPSA) is 71.5 Å². The lowest BCUT2D eigenvalue weighted by Crippen LogP contribution is -2.42. The molecule has 0 N–H and O–H groups in total. The Balaban J connectivity index is 1.69. The molecular weight excluding hydrogens is 405 g/mol. The maximum Gasteiger partial charge on any atom is 0.266 e.